The van der Waals surface area contributed by atoms with Crippen molar-refractivity contribution in [1.82, 2.24) is 4.90 Å². The fraction of sp³-hybridized carbons (Fsp3) is 0.929. The number of ether oxygens (including phenoxy) is 1. The Bertz CT molecular complexity index is 1010. The Hall–Kier alpha value is -1.15. The first-order valence-corrected chi connectivity index (χ1v) is 21.0. The molecule has 3 saturated carbocycles. The summed E-state index contributed by atoms with van der Waals surface area (Å²) in [6, 6.07) is 0.269. The molecule has 0 aromatic carbocycles. The van der Waals surface area contributed by atoms with Crippen molar-refractivity contribution in [2.24, 2.45) is 69.3 Å². The molecule has 0 aliphatic heterocycles. The van der Waals surface area contributed by atoms with Gasteiger partial charge in [-0.1, -0.05) is 65.5 Å². The molecule has 7 heteroatoms. The van der Waals surface area contributed by atoms with Gasteiger partial charge in [0, 0.05) is 31.6 Å². The zero-order chi connectivity index (χ0) is 35.6. The minimum atomic E-state index is -0.151. The molecular weight excluding hydrogens is 606 g/mol. The maximum atomic E-state index is 13.7. The topological polar surface area (TPSA) is 134 Å². The number of carbonyl (C=O) groups is 1. The molecule has 284 valence electrons. The van der Waals surface area contributed by atoms with Crippen LogP contribution in [0, 0.1) is 46.3 Å². The van der Waals surface area contributed by atoms with E-state index in [1.807, 2.05) is 4.90 Å². The number of nitrogens with two attached hydrogens (primary N) is 4. The lowest BCUT2D eigenvalue weighted by atomic mass is 9.47. The highest BCUT2D eigenvalue weighted by atomic mass is 16.6. The second kappa shape index (κ2) is 19.1. The summed E-state index contributed by atoms with van der Waals surface area (Å²) in [6.07, 6.45) is 23.8. The van der Waals surface area contributed by atoms with Gasteiger partial charge in [0.1, 0.15) is 6.10 Å². The first kappa shape index (κ1) is 40.6. The maximum absolute atomic E-state index is 13.7. The molecular formula is C42H79N5O2. The van der Waals surface area contributed by atoms with Crippen LogP contribution in [-0.2, 0) is 4.74 Å². The van der Waals surface area contributed by atoms with Gasteiger partial charge in [0.15, 0.2) is 0 Å². The van der Waals surface area contributed by atoms with Gasteiger partial charge in [-0.3, -0.25) is 0 Å². The van der Waals surface area contributed by atoms with Gasteiger partial charge in [-0.2, -0.15) is 0 Å². The fourth-order valence-electron chi connectivity index (χ4n) is 11.4. The van der Waals surface area contributed by atoms with Crippen LogP contribution >= 0.6 is 0 Å². The van der Waals surface area contributed by atoms with E-state index in [1.165, 1.54) is 51.4 Å². The normalized spacial score (nSPS) is 32.9. The highest BCUT2D eigenvalue weighted by Crippen LogP contribution is 2.67. The molecule has 0 heterocycles. The summed E-state index contributed by atoms with van der Waals surface area (Å²) >= 11 is 0. The molecule has 49 heavy (non-hydrogen) atoms. The van der Waals surface area contributed by atoms with E-state index >= 15 is 0 Å². The molecule has 4 rings (SSSR count). The minimum absolute atomic E-state index is 0.0269. The zero-order valence-corrected chi connectivity index (χ0v) is 32.6. The quantitative estimate of drug-likeness (QED) is 0.0950. The summed E-state index contributed by atoms with van der Waals surface area (Å²) in [6.45, 7) is 15.3. The van der Waals surface area contributed by atoms with E-state index in [-0.39, 0.29) is 29.7 Å². The van der Waals surface area contributed by atoms with E-state index in [9.17, 15) is 4.79 Å². The molecule has 7 nitrogen and oxygen atoms in total. The van der Waals surface area contributed by atoms with Gasteiger partial charge < -0.3 is 32.6 Å². The molecule has 4 aliphatic rings. The van der Waals surface area contributed by atoms with Crippen LogP contribution in [0.5, 0.6) is 0 Å². The van der Waals surface area contributed by atoms with Crippen molar-refractivity contribution in [3.8, 4) is 0 Å². The van der Waals surface area contributed by atoms with Crippen LogP contribution < -0.4 is 22.9 Å². The molecule has 2 unspecified atom stereocenters. The first-order chi connectivity index (χ1) is 23.4. The SMILES string of the molecule is CC(C)CCC[C@@H](C)[C@H]1CC[C@H]2[C@@H]3CC=C4C[C@@H](OC(=O)N(CCCC(N)CCCN)CCCC(N)CCCN)CC[C@]4(C)[C@H]3CC[C@]12C. The summed E-state index contributed by atoms with van der Waals surface area (Å²) in [5.74, 6) is 5.03. The fourth-order valence-corrected chi connectivity index (χ4v) is 11.4. The van der Waals surface area contributed by atoms with Crippen LogP contribution in [0.2, 0.25) is 0 Å². The summed E-state index contributed by atoms with van der Waals surface area (Å²) in [4.78, 5) is 15.6. The van der Waals surface area contributed by atoms with E-state index in [1.54, 1.807) is 5.57 Å². The average molecular weight is 686 g/mol. The smallest absolute Gasteiger partial charge is 0.410 e. The summed E-state index contributed by atoms with van der Waals surface area (Å²) in [5, 5.41) is 0. The van der Waals surface area contributed by atoms with Gasteiger partial charge in [0.25, 0.3) is 0 Å². The minimum Gasteiger partial charge on any atom is -0.446 e. The Morgan fingerprint density at radius 3 is 2.06 bits per heavy atom. The van der Waals surface area contributed by atoms with E-state index in [4.69, 9.17) is 27.7 Å². The Labute approximate surface area is 301 Å². The van der Waals surface area contributed by atoms with Crippen LogP contribution in [0.15, 0.2) is 11.6 Å². The molecule has 3 fully saturated rings. The summed E-state index contributed by atoms with van der Waals surface area (Å²) in [7, 11) is 0. The third-order valence-corrected chi connectivity index (χ3v) is 14.3. The Balaban J connectivity index is 1.34. The van der Waals surface area contributed by atoms with Gasteiger partial charge in [-0.25, -0.2) is 4.79 Å². The third kappa shape index (κ3) is 10.5. The number of carbonyl (C=O) groups excluding carboxylic acids is 1. The largest absolute Gasteiger partial charge is 0.446 e. The van der Waals surface area contributed by atoms with E-state index in [0.717, 1.165) is 106 Å². The molecule has 1 amide bonds. The molecule has 10 atom stereocenters. The highest BCUT2D eigenvalue weighted by Gasteiger charge is 2.59. The Morgan fingerprint density at radius 1 is 0.816 bits per heavy atom. The molecule has 0 aromatic heterocycles. The number of nitrogens with zero attached hydrogens (tertiary/aromatic N) is 1. The van der Waals surface area contributed by atoms with Crippen molar-refractivity contribution >= 4 is 6.09 Å². The lowest BCUT2D eigenvalue weighted by Gasteiger charge is -2.58. The number of amides is 1. The van der Waals surface area contributed by atoms with Crippen molar-refractivity contribution in [3.05, 3.63) is 11.6 Å². The first-order valence-electron chi connectivity index (χ1n) is 21.0. The van der Waals surface area contributed by atoms with Crippen LogP contribution in [-0.4, -0.2) is 55.4 Å². The van der Waals surface area contributed by atoms with E-state index in [2.05, 4.69) is 40.7 Å². The van der Waals surface area contributed by atoms with E-state index in [0.29, 0.717) is 31.6 Å². The average Bonchev–Trinajstić information content (AvgIpc) is 3.43. The lowest BCUT2D eigenvalue weighted by molar-refractivity contribution is -0.0593. The molecule has 8 N–H and O–H groups in total. The van der Waals surface area contributed by atoms with Crippen molar-refractivity contribution in [1.29, 1.82) is 0 Å². The van der Waals surface area contributed by atoms with Crippen molar-refractivity contribution < 1.29 is 9.53 Å². The van der Waals surface area contributed by atoms with Crippen molar-refractivity contribution in [2.75, 3.05) is 26.2 Å². The highest BCUT2D eigenvalue weighted by molar-refractivity contribution is 5.67. The number of rotatable bonds is 20. The predicted octanol–water partition coefficient (Wildman–Crippen LogP) is 8.53. The zero-order valence-electron chi connectivity index (χ0n) is 32.6. The lowest BCUT2D eigenvalue weighted by Crippen LogP contribution is -2.51. The Kier molecular flexibility index (Phi) is 15.8. The van der Waals surface area contributed by atoms with Crippen molar-refractivity contribution in [3.63, 3.8) is 0 Å². The summed E-state index contributed by atoms with van der Waals surface area (Å²) < 4.78 is 6.35. The molecule has 0 radical (unpaired) electrons. The van der Waals surface area contributed by atoms with Gasteiger partial charge in [0.05, 0.1) is 0 Å². The van der Waals surface area contributed by atoms with E-state index < -0.39 is 0 Å². The number of hydrogen-bond donors (Lipinski definition) is 4. The standard InChI is InChI=1S/C42H79N5O2/c1-30(2)11-6-12-31(3)37-19-20-38-36-18-17-32-29-35(21-23-41(32,4)39(36)22-24-42(37,38)5)49-40(48)47(27-9-15-33(45)13-7-25-43)28-10-16-34(46)14-8-26-44/h17,30-31,33-39H,6-16,18-29,43-46H2,1-5H3/t31-,33?,34?,35+,36+,37-,38+,39+,41+,42-/m1/s1. The van der Waals surface area contributed by atoms with Gasteiger partial charge in [-0.15, -0.1) is 0 Å². The summed E-state index contributed by atoms with van der Waals surface area (Å²) in [5.41, 5.74) is 26.4. The second-order valence-electron chi connectivity index (χ2n) is 18.2. The molecule has 0 saturated heterocycles. The third-order valence-electron chi connectivity index (χ3n) is 14.3. The molecule has 0 bridgehead atoms. The Morgan fingerprint density at radius 2 is 1.45 bits per heavy atom. The van der Waals surface area contributed by atoms with Crippen LogP contribution in [0.3, 0.4) is 0 Å². The number of fused-ring (bicyclic) bond motifs is 5. The maximum Gasteiger partial charge on any atom is 0.410 e. The number of allylic oxidation sites excluding steroid dienone is 1. The van der Waals surface area contributed by atoms with Crippen LogP contribution in [0.4, 0.5) is 4.79 Å². The molecule has 0 aromatic rings. The second-order valence-corrected chi connectivity index (χ2v) is 18.2. The van der Waals surface area contributed by atoms with Gasteiger partial charge >= 0.3 is 6.09 Å². The van der Waals surface area contributed by atoms with Gasteiger partial charge in [0.2, 0.25) is 0 Å². The molecule has 0 spiro atoms. The van der Waals surface area contributed by atoms with Crippen LogP contribution in [0.25, 0.3) is 0 Å². The van der Waals surface area contributed by atoms with Gasteiger partial charge in [-0.05, 0) is 156 Å². The molecule has 4 aliphatic carbocycles. The van der Waals surface area contributed by atoms with Crippen LogP contribution in [0.1, 0.15) is 157 Å². The van der Waals surface area contributed by atoms with Crippen molar-refractivity contribution in [2.45, 2.75) is 175 Å². The predicted molar refractivity (Wildman–Crippen MR) is 206 cm³/mol. The monoisotopic (exact) mass is 686 g/mol. The number of hydrogen-bond acceptors (Lipinski definition) is 6.